The van der Waals surface area contributed by atoms with Gasteiger partial charge in [0.1, 0.15) is 44.0 Å². The Morgan fingerprint density at radius 2 is 0.457 bits per heavy atom. The predicted molar refractivity (Wildman–Crippen MR) is 391 cm³/mol. The molecule has 6 atom stereocenters. The molecule has 6 unspecified atom stereocenters. The zero-order valence-electron chi connectivity index (χ0n) is 58.3. The van der Waals surface area contributed by atoms with Gasteiger partial charge < -0.3 is 48.6 Å². The van der Waals surface area contributed by atoms with Crippen LogP contribution in [0.5, 0.6) is 0 Å². The maximum atomic E-state index is 6.37. The van der Waals surface area contributed by atoms with Crippen molar-refractivity contribution in [3.8, 4) is 0 Å². The molecular formula is C57H126Al6O12P6. The van der Waals surface area contributed by atoms with E-state index in [9.17, 15) is 0 Å². The van der Waals surface area contributed by atoms with Crippen molar-refractivity contribution >= 4 is 164 Å². The number of hydrogen-bond donors (Lipinski definition) is 0. The van der Waals surface area contributed by atoms with Gasteiger partial charge in [0.15, 0.2) is 0 Å². The van der Waals surface area contributed by atoms with Crippen molar-refractivity contribution in [2.75, 3.05) is 59.8 Å². The van der Waals surface area contributed by atoms with Gasteiger partial charge in [-0.25, -0.2) is 0 Å². The molecule has 0 aliphatic rings. The molecule has 0 heterocycles. The largest absolute Gasteiger partial charge is 0.467 e. The molecule has 0 aromatic rings. The van der Waals surface area contributed by atoms with E-state index in [1.165, 1.54) is 21.1 Å². The minimum atomic E-state index is -1.97. The van der Waals surface area contributed by atoms with Crippen molar-refractivity contribution in [3.05, 3.63) is 39.5 Å². The molecule has 0 saturated carbocycles. The molecule has 0 radical (unpaired) electrons. The monoisotopic (exact) mass is 1350 g/mol. The first-order valence-electron chi connectivity index (χ1n) is 29.4. The molecule has 0 bridgehead atoms. The fourth-order valence-electron chi connectivity index (χ4n) is 7.23. The van der Waals surface area contributed by atoms with Crippen molar-refractivity contribution in [1.29, 1.82) is 0 Å². The molecular weight excluding hydrogens is 1220 g/mol. The van der Waals surface area contributed by atoms with Crippen LogP contribution in [0.3, 0.4) is 0 Å². The topological polar surface area (TPSA) is 111 Å². The molecule has 0 rings (SSSR count). The summed E-state index contributed by atoms with van der Waals surface area (Å²) in [5, 5.41) is 4.83. The second-order valence-electron chi connectivity index (χ2n) is 23.3. The number of rotatable bonds is 32. The zero-order valence-corrected chi connectivity index (χ0v) is 70.6. The average molecular weight is 1350 g/mol. The van der Waals surface area contributed by atoms with Gasteiger partial charge in [-0.1, -0.05) is 219 Å². The molecule has 0 amide bonds. The molecule has 24 heteroatoms. The zero-order chi connectivity index (χ0) is 65.2. The van der Waals surface area contributed by atoms with Gasteiger partial charge in [0.2, 0.25) is 0 Å². The highest BCUT2D eigenvalue weighted by molar-refractivity contribution is 7.67. The quantitative estimate of drug-likeness (QED) is 0.0472. The molecule has 81 heavy (non-hydrogen) atoms. The second kappa shape index (κ2) is 52.8. The summed E-state index contributed by atoms with van der Waals surface area (Å²) < 4.78 is 69.4. The molecule has 0 spiro atoms. The van der Waals surface area contributed by atoms with Crippen LogP contribution in [0.4, 0.5) is 0 Å². The van der Waals surface area contributed by atoms with Gasteiger partial charge >= 0.3 is 86.9 Å². The van der Waals surface area contributed by atoms with E-state index in [2.05, 4.69) is 174 Å². The maximum Gasteiger partial charge on any atom is 0.467 e. The number of hydrogen-bond acceptors (Lipinski definition) is 12. The normalized spacial score (nSPS) is 15.2. The molecule has 12 nitrogen and oxygen atoms in total. The van der Waals surface area contributed by atoms with Gasteiger partial charge in [0.25, 0.3) is 0 Å². The molecule has 474 valence electrons. The fourth-order valence-corrected chi connectivity index (χ4v) is 38.1. The van der Waals surface area contributed by atoms with E-state index in [1.54, 1.807) is 0 Å². The van der Waals surface area contributed by atoms with E-state index in [0.717, 1.165) is 0 Å². The summed E-state index contributed by atoms with van der Waals surface area (Å²) in [5.74, 6) is 19.8. The van der Waals surface area contributed by atoms with E-state index < -0.39 is 131 Å². The van der Waals surface area contributed by atoms with Crippen LogP contribution in [0.25, 0.3) is 0 Å². The molecule has 0 aromatic heterocycles. The lowest BCUT2D eigenvalue weighted by atomic mass is 10.3. The van der Waals surface area contributed by atoms with E-state index in [-0.39, 0.29) is 18.3 Å². The Labute approximate surface area is 533 Å². The van der Waals surface area contributed by atoms with Crippen LogP contribution in [-0.2, 0) is 48.6 Å². The van der Waals surface area contributed by atoms with Crippen LogP contribution < -0.4 is 0 Å². The van der Waals surface area contributed by atoms with Crippen molar-refractivity contribution in [2.45, 2.75) is 203 Å². The first-order valence-corrected chi connectivity index (χ1v) is 57.2. The van der Waals surface area contributed by atoms with Crippen molar-refractivity contribution in [2.24, 2.45) is 23.7 Å². The summed E-state index contributed by atoms with van der Waals surface area (Å²) in [6.45, 7) is 72.1. The standard InChI is InChI=1S/3C6H12O2P.3C5H10O2P.4C4H9.8CH3.6Al/c3*1-5-9(4,7)8-6(2)3;3*1-4-7-8(3,6)5-2;4*1-4(2)3;;;;;;;;;;;;;;/h3*6H,1H2,2-4H3;3*2,4H2,1,3H3;4*4H,1H2,2-3H3;8*1H3;;;;;;/q6*-1;;;;;;;;;;;;;6*+1. The van der Waals surface area contributed by atoms with Gasteiger partial charge in [0, 0.05) is 40.0 Å². The molecule has 0 fully saturated rings. The lowest BCUT2D eigenvalue weighted by Crippen LogP contribution is -2.22. The van der Waals surface area contributed by atoms with Gasteiger partial charge in [0.05, 0.1) is 38.1 Å². The minimum Gasteiger partial charge on any atom is -0.457 e. The SMILES string of the molecule is C=C=P(C)(OC(C)C)[O][Al]([CH2]C(C)C)[CH2]C(C)C.C=C=P(C)(OC(C)C)[O][Al]([CH3])[CH3].C=C=P(C)(OC(C)C)[O][Al]([CH3])[CH3].C=C=P(C)(OCC)[O][Al]([CH2]C(C)C)[CH2]C(C)C.C=C=P(C)(OCC)[O][Al]([CH3])[CH3].C=C=P(C)(OCC)[O][Al]([CH3])[CH3]. The highest BCUT2D eigenvalue weighted by Crippen LogP contribution is 2.50. The first kappa shape index (κ1) is 95.3. The Hall–Kier alpha value is 3.19. The summed E-state index contributed by atoms with van der Waals surface area (Å²) >= 11 is -6.58. The third-order valence-corrected chi connectivity index (χ3v) is 42.2. The highest BCUT2D eigenvalue weighted by atomic mass is 31.2. The van der Waals surface area contributed by atoms with Crippen LogP contribution in [-0.4, -0.2) is 198 Å². The summed E-state index contributed by atoms with van der Waals surface area (Å²) in [5.41, 5.74) is 17.6. The summed E-state index contributed by atoms with van der Waals surface area (Å²) in [4.78, 5) is 0. The van der Waals surface area contributed by atoms with Crippen molar-refractivity contribution in [3.63, 3.8) is 0 Å². The van der Waals surface area contributed by atoms with E-state index >= 15 is 0 Å². The Balaban J connectivity index is -0.000000211. The minimum absolute atomic E-state index is 0.172. The predicted octanol–water partition coefficient (Wildman–Crippen LogP) is 19.4. The van der Waals surface area contributed by atoms with Gasteiger partial charge in [-0.2, -0.15) is 0 Å². The van der Waals surface area contributed by atoms with Crippen LogP contribution >= 0.6 is 44.0 Å². The Morgan fingerprint density at radius 3 is 0.605 bits per heavy atom. The maximum absolute atomic E-state index is 6.37. The van der Waals surface area contributed by atoms with E-state index in [4.69, 9.17) is 48.6 Å². The van der Waals surface area contributed by atoms with Crippen molar-refractivity contribution in [1.82, 2.24) is 0 Å². The van der Waals surface area contributed by atoms with Crippen LogP contribution in [0, 0.1) is 23.7 Å². The lowest BCUT2D eigenvalue weighted by molar-refractivity contribution is 0.242. The molecule has 0 N–H and O–H groups in total. The highest BCUT2D eigenvalue weighted by Gasteiger charge is 2.30. The lowest BCUT2D eigenvalue weighted by Gasteiger charge is -2.27. The summed E-state index contributed by atoms with van der Waals surface area (Å²) in [7, 11) is -11.2. The van der Waals surface area contributed by atoms with E-state index in [1.807, 2.05) is 102 Å². The third kappa shape index (κ3) is 61.8. The van der Waals surface area contributed by atoms with E-state index in [0.29, 0.717) is 43.5 Å². The summed E-state index contributed by atoms with van der Waals surface area (Å²) in [6.07, 6.45) is 0.543. The molecule has 0 aromatic carbocycles. The second-order valence-corrected chi connectivity index (χ2v) is 54.6. The Kier molecular flexibility index (Phi) is 62.1. The Bertz CT molecular complexity index is 2000. The molecule has 0 aliphatic heterocycles. The van der Waals surface area contributed by atoms with Gasteiger partial charge in [-0.15, -0.1) is 0 Å². The van der Waals surface area contributed by atoms with Gasteiger partial charge in [-0.3, -0.25) is 0 Å². The average Bonchev–Trinajstić information content (AvgIpc) is 3.27. The van der Waals surface area contributed by atoms with Crippen LogP contribution in [0.1, 0.15) is 118 Å². The molecule has 0 aliphatic carbocycles. The van der Waals surface area contributed by atoms with Crippen LogP contribution in [0.2, 0.25) is 67.4 Å². The van der Waals surface area contributed by atoms with Crippen LogP contribution in [0.15, 0.2) is 39.5 Å². The van der Waals surface area contributed by atoms with Crippen molar-refractivity contribution < 1.29 is 48.6 Å². The van der Waals surface area contributed by atoms with Gasteiger partial charge in [-0.05, 0) is 62.3 Å². The first-order chi connectivity index (χ1) is 36.9. The Morgan fingerprint density at radius 1 is 0.296 bits per heavy atom. The fraction of sp³-hybridized carbons (Fsp3) is 0.789. The summed E-state index contributed by atoms with van der Waals surface area (Å²) in [6, 6.07) is 0. The molecule has 0 saturated heterocycles. The third-order valence-electron chi connectivity index (χ3n) is 9.37. The smallest absolute Gasteiger partial charge is 0.457 e.